The Hall–Kier alpha value is -2.80. The zero-order chi connectivity index (χ0) is 20.2. The fourth-order valence-corrected chi connectivity index (χ4v) is 3.99. The van der Waals surface area contributed by atoms with Crippen molar-refractivity contribution in [3.05, 3.63) is 66.0 Å². The minimum Gasteiger partial charge on any atom is -0.495 e. The lowest BCUT2D eigenvalue weighted by Gasteiger charge is -2.15. The number of thioether (sulfide) groups is 1. The molecule has 6 nitrogen and oxygen atoms in total. The summed E-state index contributed by atoms with van der Waals surface area (Å²) in [6, 6.07) is 17.7. The van der Waals surface area contributed by atoms with Crippen LogP contribution in [0.1, 0.15) is 37.1 Å². The van der Waals surface area contributed by atoms with Gasteiger partial charge in [0.05, 0.1) is 24.6 Å². The SMILES string of the molecule is COc1ccccc1NC(=O)[C@@H](C)Sc1nnc(C2CC2)n1Cc1ccccc1. The molecular formula is C22H24N4O2S. The van der Waals surface area contributed by atoms with Crippen LogP contribution in [0.25, 0.3) is 0 Å². The van der Waals surface area contributed by atoms with Gasteiger partial charge in [0.1, 0.15) is 11.6 Å². The summed E-state index contributed by atoms with van der Waals surface area (Å²) in [5.41, 5.74) is 1.86. The summed E-state index contributed by atoms with van der Waals surface area (Å²) in [7, 11) is 1.59. The number of para-hydroxylation sites is 2. The number of carbonyl (C=O) groups is 1. The summed E-state index contributed by atoms with van der Waals surface area (Å²) in [5, 5.41) is 12.2. The van der Waals surface area contributed by atoms with Gasteiger partial charge in [-0.15, -0.1) is 10.2 Å². The highest BCUT2D eigenvalue weighted by atomic mass is 32.2. The molecule has 0 saturated heterocycles. The Balaban J connectivity index is 1.50. The fourth-order valence-electron chi connectivity index (χ4n) is 3.14. The number of carbonyl (C=O) groups excluding carboxylic acids is 1. The molecule has 150 valence electrons. The molecule has 0 spiro atoms. The number of amides is 1. The van der Waals surface area contributed by atoms with E-state index in [-0.39, 0.29) is 11.2 Å². The molecule has 1 aliphatic rings. The number of rotatable bonds is 8. The van der Waals surface area contributed by atoms with Gasteiger partial charge in [-0.3, -0.25) is 4.79 Å². The lowest BCUT2D eigenvalue weighted by Crippen LogP contribution is -2.23. The van der Waals surface area contributed by atoms with Gasteiger partial charge in [0.2, 0.25) is 5.91 Å². The molecule has 1 aromatic heterocycles. The number of nitrogens with zero attached hydrogens (tertiary/aromatic N) is 3. The number of methoxy groups -OCH3 is 1. The summed E-state index contributed by atoms with van der Waals surface area (Å²) < 4.78 is 7.48. The minimum absolute atomic E-state index is 0.0956. The van der Waals surface area contributed by atoms with E-state index in [0.29, 0.717) is 23.9 Å². The van der Waals surface area contributed by atoms with Gasteiger partial charge in [-0.25, -0.2) is 0 Å². The molecule has 1 saturated carbocycles. The van der Waals surface area contributed by atoms with Crippen LogP contribution in [0.3, 0.4) is 0 Å². The van der Waals surface area contributed by atoms with Gasteiger partial charge in [0.25, 0.3) is 0 Å². The number of ether oxygens (including phenoxy) is 1. The topological polar surface area (TPSA) is 69.0 Å². The van der Waals surface area contributed by atoms with Gasteiger partial charge in [0, 0.05) is 5.92 Å². The normalized spacial score (nSPS) is 14.4. The van der Waals surface area contributed by atoms with Gasteiger partial charge in [0.15, 0.2) is 5.16 Å². The Morgan fingerprint density at radius 2 is 1.90 bits per heavy atom. The molecule has 3 aromatic rings. The Bertz CT molecular complexity index is 985. The van der Waals surface area contributed by atoms with Crippen molar-refractivity contribution in [2.24, 2.45) is 0 Å². The third-order valence-electron chi connectivity index (χ3n) is 4.89. The molecule has 29 heavy (non-hydrogen) atoms. The van der Waals surface area contributed by atoms with E-state index in [1.165, 1.54) is 17.3 Å². The summed E-state index contributed by atoms with van der Waals surface area (Å²) in [6.45, 7) is 2.59. The second-order valence-corrected chi connectivity index (χ2v) is 8.44. The van der Waals surface area contributed by atoms with Crippen LogP contribution in [-0.4, -0.2) is 33.0 Å². The number of anilines is 1. The molecule has 1 fully saturated rings. The van der Waals surface area contributed by atoms with Crippen LogP contribution in [0.15, 0.2) is 59.8 Å². The Morgan fingerprint density at radius 3 is 2.62 bits per heavy atom. The molecule has 0 aliphatic heterocycles. The maximum Gasteiger partial charge on any atom is 0.237 e. The molecule has 0 bridgehead atoms. The maximum absolute atomic E-state index is 12.8. The largest absolute Gasteiger partial charge is 0.495 e. The van der Waals surface area contributed by atoms with Crippen molar-refractivity contribution in [3.63, 3.8) is 0 Å². The lowest BCUT2D eigenvalue weighted by molar-refractivity contribution is -0.115. The molecule has 1 atom stereocenters. The monoisotopic (exact) mass is 408 g/mol. The van der Waals surface area contributed by atoms with Gasteiger partial charge in [-0.05, 0) is 37.5 Å². The van der Waals surface area contributed by atoms with Gasteiger partial charge in [-0.1, -0.05) is 54.2 Å². The second kappa shape index (κ2) is 8.69. The van der Waals surface area contributed by atoms with E-state index < -0.39 is 0 Å². The first-order chi connectivity index (χ1) is 14.2. The number of hydrogen-bond acceptors (Lipinski definition) is 5. The quantitative estimate of drug-likeness (QED) is 0.562. The van der Waals surface area contributed by atoms with Crippen LogP contribution >= 0.6 is 11.8 Å². The zero-order valence-corrected chi connectivity index (χ0v) is 17.4. The van der Waals surface area contributed by atoms with E-state index in [1.54, 1.807) is 7.11 Å². The van der Waals surface area contributed by atoms with Gasteiger partial charge in [-0.2, -0.15) is 0 Å². The Morgan fingerprint density at radius 1 is 1.17 bits per heavy atom. The van der Waals surface area contributed by atoms with E-state index in [4.69, 9.17) is 4.74 Å². The molecule has 7 heteroatoms. The van der Waals surface area contributed by atoms with Crippen LogP contribution in [0.4, 0.5) is 5.69 Å². The molecule has 4 rings (SSSR count). The van der Waals surface area contributed by atoms with Crippen LogP contribution < -0.4 is 10.1 Å². The van der Waals surface area contributed by atoms with Crippen LogP contribution in [0, 0.1) is 0 Å². The molecule has 0 radical (unpaired) electrons. The first-order valence-electron chi connectivity index (χ1n) is 9.73. The molecular weight excluding hydrogens is 384 g/mol. The van der Waals surface area contributed by atoms with E-state index >= 15 is 0 Å². The second-order valence-electron chi connectivity index (χ2n) is 7.14. The van der Waals surface area contributed by atoms with E-state index in [0.717, 1.165) is 23.8 Å². The summed E-state index contributed by atoms with van der Waals surface area (Å²) in [6.07, 6.45) is 2.31. The molecule has 1 aliphatic carbocycles. The average Bonchev–Trinajstić information content (AvgIpc) is 3.52. The van der Waals surface area contributed by atoms with E-state index in [1.807, 2.05) is 49.4 Å². The van der Waals surface area contributed by atoms with Crippen molar-refractivity contribution >= 4 is 23.4 Å². The van der Waals surface area contributed by atoms with Crippen molar-refractivity contribution in [1.82, 2.24) is 14.8 Å². The minimum atomic E-state index is -0.328. The number of benzene rings is 2. The Kier molecular flexibility index (Phi) is 5.85. The molecule has 1 N–H and O–H groups in total. The van der Waals surface area contributed by atoms with Crippen molar-refractivity contribution in [3.8, 4) is 5.75 Å². The van der Waals surface area contributed by atoms with Gasteiger partial charge < -0.3 is 14.6 Å². The molecule has 2 aromatic carbocycles. The molecule has 1 amide bonds. The lowest BCUT2D eigenvalue weighted by atomic mass is 10.2. The standard InChI is InChI=1S/C22H24N4O2S/c1-15(21(27)23-18-10-6-7-11-19(18)28-2)29-22-25-24-20(17-12-13-17)26(22)14-16-8-4-3-5-9-16/h3-11,15,17H,12-14H2,1-2H3,(H,23,27)/t15-/m1/s1. The highest BCUT2D eigenvalue weighted by molar-refractivity contribution is 8.00. The third-order valence-corrected chi connectivity index (χ3v) is 5.97. The third kappa shape index (κ3) is 4.62. The molecule has 0 unspecified atom stereocenters. The summed E-state index contributed by atoms with van der Waals surface area (Å²) >= 11 is 1.43. The maximum atomic E-state index is 12.8. The average molecular weight is 409 g/mol. The smallest absolute Gasteiger partial charge is 0.237 e. The van der Waals surface area contributed by atoms with Gasteiger partial charge >= 0.3 is 0 Å². The predicted octanol–water partition coefficient (Wildman–Crippen LogP) is 4.33. The summed E-state index contributed by atoms with van der Waals surface area (Å²) in [5.74, 6) is 2.05. The number of nitrogens with one attached hydrogen (secondary N) is 1. The molecule has 1 heterocycles. The number of aromatic nitrogens is 3. The highest BCUT2D eigenvalue weighted by Crippen LogP contribution is 2.40. The zero-order valence-electron chi connectivity index (χ0n) is 16.5. The Labute approximate surface area is 174 Å². The number of hydrogen-bond donors (Lipinski definition) is 1. The fraction of sp³-hybridized carbons (Fsp3) is 0.318. The highest BCUT2D eigenvalue weighted by Gasteiger charge is 2.31. The van der Waals surface area contributed by atoms with Crippen LogP contribution in [0.5, 0.6) is 5.75 Å². The van der Waals surface area contributed by atoms with Crippen LogP contribution in [0.2, 0.25) is 0 Å². The predicted molar refractivity (Wildman–Crippen MR) is 114 cm³/mol. The van der Waals surface area contributed by atoms with Crippen molar-refractivity contribution in [2.75, 3.05) is 12.4 Å². The van der Waals surface area contributed by atoms with Crippen LogP contribution in [-0.2, 0) is 11.3 Å². The van der Waals surface area contributed by atoms with Crippen molar-refractivity contribution < 1.29 is 9.53 Å². The van der Waals surface area contributed by atoms with E-state index in [9.17, 15) is 4.79 Å². The van der Waals surface area contributed by atoms with E-state index in [2.05, 4.69) is 32.2 Å². The summed E-state index contributed by atoms with van der Waals surface area (Å²) in [4.78, 5) is 12.8. The first kappa shape index (κ1) is 19.5. The first-order valence-corrected chi connectivity index (χ1v) is 10.6. The van der Waals surface area contributed by atoms with Crippen molar-refractivity contribution in [1.29, 1.82) is 0 Å². The van der Waals surface area contributed by atoms with Crippen molar-refractivity contribution in [2.45, 2.75) is 42.6 Å².